The molecule has 0 aromatic heterocycles. The zero-order chi connectivity index (χ0) is 11.4. The van der Waals surface area contributed by atoms with Crippen molar-refractivity contribution in [2.24, 2.45) is 0 Å². The third-order valence-corrected chi connectivity index (χ3v) is 3.66. The minimum atomic E-state index is -2.11. The molecule has 0 saturated carbocycles. The molecule has 0 N–H and O–H groups in total. The summed E-state index contributed by atoms with van der Waals surface area (Å²) in [6.07, 6.45) is 5.07. The molecule has 4 heteroatoms. The Morgan fingerprint density at radius 2 is 1.56 bits per heavy atom. The number of hydrogen-bond acceptors (Lipinski definition) is 3. The highest BCUT2D eigenvalue weighted by molar-refractivity contribution is 7.79. The van der Waals surface area contributed by atoms with Gasteiger partial charge in [0.05, 0.1) is 0 Å². The van der Waals surface area contributed by atoms with Crippen LogP contribution in [0.25, 0.3) is 0 Å². The molecule has 88 valence electrons. The van der Waals surface area contributed by atoms with Crippen molar-refractivity contribution in [2.75, 3.05) is 18.0 Å². The molecule has 1 aliphatic heterocycles. The third kappa shape index (κ3) is 2.83. The average molecular weight is 238 g/mol. The lowest BCUT2D eigenvalue weighted by molar-refractivity contribution is 0.537. The van der Waals surface area contributed by atoms with Crippen molar-refractivity contribution in [1.82, 2.24) is 0 Å². The quantitative estimate of drug-likeness (QED) is 0.743. The van der Waals surface area contributed by atoms with Gasteiger partial charge in [0.2, 0.25) is 0 Å². The maximum Gasteiger partial charge on any atom is 0.0366 e. The first-order valence-electron chi connectivity index (χ1n) is 5.71. The summed E-state index contributed by atoms with van der Waals surface area (Å²) in [6, 6.07) is 7.14. The highest BCUT2D eigenvalue weighted by Crippen LogP contribution is 2.20. The Balaban J connectivity index is 2.10. The van der Waals surface area contributed by atoms with Gasteiger partial charge in [-0.3, -0.25) is 4.21 Å². The van der Waals surface area contributed by atoms with Crippen LogP contribution in [0.2, 0.25) is 0 Å². The number of benzene rings is 1. The fraction of sp³-hybridized carbons (Fsp3) is 0.500. The second-order valence-corrected chi connectivity index (χ2v) is 5.07. The molecule has 1 saturated heterocycles. The van der Waals surface area contributed by atoms with E-state index < -0.39 is 11.1 Å². The van der Waals surface area contributed by atoms with E-state index in [1.54, 1.807) is 12.1 Å². The van der Waals surface area contributed by atoms with Crippen molar-refractivity contribution < 1.29 is 8.76 Å². The predicted octanol–water partition coefficient (Wildman–Crippen LogP) is 2.31. The topological polar surface area (TPSA) is 43.4 Å². The second-order valence-electron chi connectivity index (χ2n) is 4.13. The van der Waals surface area contributed by atoms with E-state index >= 15 is 0 Å². The lowest BCUT2D eigenvalue weighted by atomic mass is 10.2. The van der Waals surface area contributed by atoms with Crippen molar-refractivity contribution in [1.29, 1.82) is 0 Å². The van der Waals surface area contributed by atoms with E-state index in [1.807, 2.05) is 12.1 Å². The fourth-order valence-corrected chi connectivity index (χ4v) is 2.46. The van der Waals surface area contributed by atoms with Gasteiger partial charge >= 0.3 is 0 Å². The van der Waals surface area contributed by atoms with Gasteiger partial charge in [0.25, 0.3) is 0 Å². The Kier molecular flexibility index (Phi) is 3.96. The lowest BCUT2D eigenvalue weighted by Gasteiger charge is -2.22. The average Bonchev–Trinajstić information content (AvgIpc) is 2.57. The highest BCUT2D eigenvalue weighted by Gasteiger charge is 2.09. The molecule has 0 bridgehead atoms. The minimum absolute atomic E-state index is 0.360. The molecule has 0 spiro atoms. The van der Waals surface area contributed by atoms with E-state index in [-0.39, 0.29) is 0 Å². The smallest absolute Gasteiger partial charge is 0.0366 e. The zero-order valence-electron chi connectivity index (χ0n) is 9.22. The molecule has 0 amide bonds. The molecule has 0 radical (unpaired) electrons. The SMILES string of the molecule is O=S([O-])c1ccc(N2CCCCCC2)cc1. The summed E-state index contributed by atoms with van der Waals surface area (Å²) < 4.78 is 21.5. The van der Waals surface area contributed by atoms with Crippen LogP contribution in [0, 0.1) is 0 Å². The van der Waals surface area contributed by atoms with Crippen LogP contribution < -0.4 is 4.90 Å². The van der Waals surface area contributed by atoms with Crippen LogP contribution in [0.4, 0.5) is 5.69 Å². The Morgan fingerprint density at radius 1 is 1.00 bits per heavy atom. The molecule has 1 aromatic carbocycles. The summed E-state index contributed by atoms with van der Waals surface area (Å²) >= 11 is -2.11. The summed E-state index contributed by atoms with van der Waals surface area (Å²) in [5.74, 6) is 0. The molecule has 1 aromatic rings. The summed E-state index contributed by atoms with van der Waals surface area (Å²) in [5, 5.41) is 0. The Bertz CT molecular complexity index is 356. The first-order valence-corrected chi connectivity index (χ1v) is 6.79. The molecule has 1 fully saturated rings. The maximum atomic E-state index is 10.7. The van der Waals surface area contributed by atoms with Crippen molar-refractivity contribution >= 4 is 16.8 Å². The van der Waals surface area contributed by atoms with Gasteiger partial charge in [-0.25, -0.2) is 0 Å². The molecule has 3 nitrogen and oxygen atoms in total. The van der Waals surface area contributed by atoms with E-state index in [4.69, 9.17) is 0 Å². The first kappa shape index (κ1) is 11.6. The fourth-order valence-electron chi connectivity index (χ4n) is 2.10. The van der Waals surface area contributed by atoms with E-state index in [1.165, 1.54) is 25.7 Å². The van der Waals surface area contributed by atoms with Crippen molar-refractivity contribution in [2.45, 2.75) is 30.6 Å². The van der Waals surface area contributed by atoms with E-state index in [2.05, 4.69) is 4.90 Å². The van der Waals surface area contributed by atoms with Crippen LogP contribution in [-0.4, -0.2) is 21.9 Å². The Hall–Kier alpha value is -0.870. The molecular weight excluding hydrogens is 222 g/mol. The van der Waals surface area contributed by atoms with Gasteiger partial charge in [-0.05, 0) is 48.2 Å². The number of rotatable bonds is 2. The van der Waals surface area contributed by atoms with E-state index in [9.17, 15) is 8.76 Å². The minimum Gasteiger partial charge on any atom is -0.768 e. The third-order valence-electron chi connectivity index (χ3n) is 3.00. The highest BCUT2D eigenvalue weighted by atomic mass is 32.2. The normalized spacial score (nSPS) is 19.2. The predicted molar refractivity (Wildman–Crippen MR) is 64.3 cm³/mol. The van der Waals surface area contributed by atoms with Gasteiger partial charge in [0.15, 0.2) is 0 Å². The summed E-state index contributed by atoms with van der Waals surface area (Å²) in [6.45, 7) is 2.17. The van der Waals surface area contributed by atoms with Crippen molar-refractivity contribution in [3.8, 4) is 0 Å². The van der Waals surface area contributed by atoms with Gasteiger partial charge < -0.3 is 9.45 Å². The van der Waals surface area contributed by atoms with Crippen LogP contribution in [0.15, 0.2) is 29.2 Å². The molecule has 16 heavy (non-hydrogen) atoms. The standard InChI is InChI=1S/C12H17NO2S/c14-16(15)12-7-5-11(6-8-12)13-9-3-1-2-4-10-13/h5-8H,1-4,9-10H2,(H,14,15)/p-1. The van der Waals surface area contributed by atoms with Gasteiger partial charge in [-0.1, -0.05) is 12.8 Å². The monoisotopic (exact) mass is 238 g/mol. The first-order chi connectivity index (χ1) is 7.77. The molecule has 1 atom stereocenters. The van der Waals surface area contributed by atoms with Gasteiger partial charge in [0, 0.05) is 23.7 Å². The van der Waals surface area contributed by atoms with Crippen LogP contribution in [0.5, 0.6) is 0 Å². The van der Waals surface area contributed by atoms with Crippen molar-refractivity contribution in [3.05, 3.63) is 24.3 Å². The summed E-state index contributed by atoms with van der Waals surface area (Å²) in [7, 11) is 0. The number of hydrogen-bond donors (Lipinski definition) is 0. The molecule has 1 aliphatic rings. The van der Waals surface area contributed by atoms with Crippen LogP contribution in [-0.2, 0) is 11.1 Å². The largest absolute Gasteiger partial charge is 0.768 e. The zero-order valence-corrected chi connectivity index (χ0v) is 10.0. The van der Waals surface area contributed by atoms with Gasteiger partial charge in [-0.2, -0.15) is 0 Å². The van der Waals surface area contributed by atoms with Crippen LogP contribution in [0.3, 0.4) is 0 Å². The molecule has 2 rings (SSSR count). The number of nitrogens with zero attached hydrogens (tertiary/aromatic N) is 1. The van der Waals surface area contributed by atoms with Crippen molar-refractivity contribution in [3.63, 3.8) is 0 Å². The van der Waals surface area contributed by atoms with E-state index in [0.29, 0.717) is 4.90 Å². The van der Waals surface area contributed by atoms with Crippen LogP contribution >= 0.6 is 0 Å². The summed E-state index contributed by atoms with van der Waals surface area (Å²) in [5.41, 5.74) is 1.14. The summed E-state index contributed by atoms with van der Waals surface area (Å²) in [4.78, 5) is 2.70. The van der Waals surface area contributed by atoms with Gasteiger partial charge in [-0.15, -0.1) is 0 Å². The van der Waals surface area contributed by atoms with Gasteiger partial charge in [0.1, 0.15) is 0 Å². The molecular formula is C12H16NO2S-. The molecule has 1 unspecified atom stereocenters. The number of anilines is 1. The van der Waals surface area contributed by atoms with E-state index in [0.717, 1.165) is 18.8 Å². The van der Waals surface area contributed by atoms with Crippen LogP contribution in [0.1, 0.15) is 25.7 Å². The second kappa shape index (κ2) is 5.46. The lowest BCUT2D eigenvalue weighted by Crippen LogP contribution is -2.23. The Labute approximate surface area is 98.8 Å². The Morgan fingerprint density at radius 3 is 2.06 bits per heavy atom. The maximum absolute atomic E-state index is 10.7. The molecule has 1 heterocycles. The molecule has 0 aliphatic carbocycles.